The van der Waals surface area contributed by atoms with Crippen LogP contribution in [0.15, 0.2) is 48.6 Å². The summed E-state index contributed by atoms with van der Waals surface area (Å²) in [6.07, 6.45) is 5.34. The van der Waals surface area contributed by atoms with Gasteiger partial charge in [-0.3, -0.25) is 0 Å². The van der Waals surface area contributed by atoms with Gasteiger partial charge in [-0.1, -0.05) is 48.6 Å². The lowest BCUT2D eigenvalue weighted by Crippen LogP contribution is -1.87. The maximum atomic E-state index is 2.22. The third kappa shape index (κ3) is 1.94. The average molecular weight is 196 g/mol. The molecule has 0 saturated heterocycles. The van der Waals surface area contributed by atoms with Gasteiger partial charge in [-0.2, -0.15) is 0 Å². The summed E-state index contributed by atoms with van der Waals surface area (Å²) in [5.41, 5.74) is 2.79. The Morgan fingerprint density at radius 1 is 1.07 bits per heavy atom. The molecule has 2 rings (SSSR count). The molecule has 0 fully saturated rings. The normalized spacial score (nSPS) is 11.3. The van der Waals surface area contributed by atoms with E-state index in [0.717, 1.165) is 6.42 Å². The summed E-state index contributed by atoms with van der Waals surface area (Å²) in [5, 5.41) is 2.76. The molecule has 0 aliphatic heterocycles. The Morgan fingerprint density at radius 2 is 1.80 bits per heavy atom. The number of hydrogen-bond donors (Lipinski definition) is 0. The molecule has 0 heterocycles. The molecule has 0 unspecified atom stereocenters. The first kappa shape index (κ1) is 9.97. The molecule has 2 aromatic rings. The summed E-state index contributed by atoms with van der Waals surface area (Å²) in [7, 11) is 0. The van der Waals surface area contributed by atoms with Crippen molar-refractivity contribution in [3.05, 3.63) is 59.7 Å². The van der Waals surface area contributed by atoms with Crippen LogP contribution in [0.2, 0.25) is 0 Å². The van der Waals surface area contributed by atoms with Gasteiger partial charge in [0.1, 0.15) is 0 Å². The Kier molecular flexibility index (Phi) is 2.86. The van der Waals surface area contributed by atoms with Crippen LogP contribution in [0.25, 0.3) is 10.8 Å². The van der Waals surface area contributed by atoms with Crippen molar-refractivity contribution in [2.45, 2.75) is 20.3 Å². The van der Waals surface area contributed by atoms with Crippen LogP contribution in [0.3, 0.4) is 0 Å². The summed E-state index contributed by atoms with van der Waals surface area (Å²) in [4.78, 5) is 0. The van der Waals surface area contributed by atoms with Gasteiger partial charge in [0.25, 0.3) is 0 Å². The molecule has 76 valence electrons. The molecule has 0 bridgehead atoms. The van der Waals surface area contributed by atoms with Gasteiger partial charge in [-0.05, 0) is 42.2 Å². The smallest absolute Gasteiger partial charge is 0.00913 e. The van der Waals surface area contributed by atoms with Crippen LogP contribution in [-0.2, 0) is 6.42 Å². The van der Waals surface area contributed by atoms with Crippen molar-refractivity contribution in [3.8, 4) is 0 Å². The van der Waals surface area contributed by atoms with E-state index in [4.69, 9.17) is 0 Å². The summed E-state index contributed by atoms with van der Waals surface area (Å²) in [6, 6.07) is 13.0. The van der Waals surface area contributed by atoms with Crippen molar-refractivity contribution < 1.29 is 0 Å². The summed E-state index contributed by atoms with van der Waals surface area (Å²) < 4.78 is 0. The first-order chi connectivity index (χ1) is 7.33. The van der Waals surface area contributed by atoms with E-state index in [-0.39, 0.29) is 0 Å². The lowest BCUT2D eigenvalue weighted by molar-refractivity contribution is 1.28. The maximum Gasteiger partial charge on any atom is -0.00913 e. The van der Waals surface area contributed by atoms with Crippen molar-refractivity contribution in [1.29, 1.82) is 0 Å². The zero-order valence-electron chi connectivity index (χ0n) is 9.33. The molecule has 0 nitrogen and oxygen atoms in total. The fraction of sp³-hybridized carbons (Fsp3) is 0.200. The number of benzene rings is 2. The second-order valence-corrected chi connectivity index (χ2v) is 3.86. The fourth-order valence-corrected chi connectivity index (χ4v) is 2.03. The predicted octanol–water partition coefficient (Wildman–Crippen LogP) is 4.27. The lowest BCUT2D eigenvalue weighted by Gasteiger charge is -2.07. The van der Waals surface area contributed by atoms with E-state index in [0.29, 0.717) is 0 Å². The SMILES string of the molecule is C/C=C/Cc1cccc2cccc(C)c12. The zero-order chi connectivity index (χ0) is 10.7. The van der Waals surface area contributed by atoms with Gasteiger partial charge in [0.2, 0.25) is 0 Å². The quantitative estimate of drug-likeness (QED) is 0.629. The monoisotopic (exact) mass is 196 g/mol. The number of fused-ring (bicyclic) bond motifs is 1. The molecule has 0 N–H and O–H groups in total. The Hall–Kier alpha value is -1.56. The zero-order valence-corrected chi connectivity index (χ0v) is 9.33. The Bertz CT molecular complexity index is 487. The molecule has 0 aliphatic carbocycles. The van der Waals surface area contributed by atoms with Gasteiger partial charge in [0, 0.05) is 0 Å². The molecular formula is C15H16. The molecule has 0 amide bonds. The average Bonchev–Trinajstić information content (AvgIpc) is 2.26. The first-order valence-electron chi connectivity index (χ1n) is 5.41. The van der Waals surface area contributed by atoms with Crippen LogP contribution < -0.4 is 0 Å². The molecular weight excluding hydrogens is 180 g/mol. The lowest BCUT2D eigenvalue weighted by atomic mass is 9.98. The van der Waals surface area contributed by atoms with E-state index in [1.807, 2.05) is 0 Å². The minimum Gasteiger partial charge on any atom is -0.0913 e. The van der Waals surface area contributed by atoms with Gasteiger partial charge < -0.3 is 0 Å². The molecule has 0 saturated carbocycles. The fourth-order valence-electron chi connectivity index (χ4n) is 2.03. The molecule has 0 radical (unpaired) electrons. The largest absolute Gasteiger partial charge is 0.0913 e. The summed E-state index contributed by atoms with van der Waals surface area (Å²) in [6.45, 7) is 4.25. The number of hydrogen-bond acceptors (Lipinski definition) is 0. The van der Waals surface area contributed by atoms with Crippen molar-refractivity contribution >= 4 is 10.8 Å². The first-order valence-corrected chi connectivity index (χ1v) is 5.41. The van der Waals surface area contributed by atoms with Gasteiger partial charge >= 0.3 is 0 Å². The van der Waals surface area contributed by atoms with Crippen LogP contribution >= 0.6 is 0 Å². The van der Waals surface area contributed by atoms with E-state index in [2.05, 4.69) is 62.4 Å². The van der Waals surface area contributed by atoms with Gasteiger partial charge in [-0.15, -0.1) is 0 Å². The van der Waals surface area contributed by atoms with Gasteiger partial charge in [0.05, 0.1) is 0 Å². The minimum atomic E-state index is 1.03. The Morgan fingerprint density at radius 3 is 2.53 bits per heavy atom. The predicted molar refractivity (Wildman–Crippen MR) is 67.2 cm³/mol. The van der Waals surface area contributed by atoms with Crippen LogP contribution in [0, 0.1) is 6.92 Å². The summed E-state index contributed by atoms with van der Waals surface area (Å²) in [5.74, 6) is 0. The highest BCUT2D eigenvalue weighted by molar-refractivity contribution is 5.88. The van der Waals surface area contributed by atoms with Crippen molar-refractivity contribution in [3.63, 3.8) is 0 Å². The molecule has 2 aromatic carbocycles. The van der Waals surface area contributed by atoms with Gasteiger partial charge in [0.15, 0.2) is 0 Å². The molecule has 0 aliphatic rings. The second kappa shape index (κ2) is 4.31. The van der Waals surface area contributed by atoms with Crippen molar-refractivity contribution in [2.75, 3.05) is 0 Å². The number of allylic oxidation sites excluding steroid dienone is 2. The van der Waals surface area contributed by atoms with Gasteiger partial charge in [-0.25, -0.2) is 0 Å². The van der Waals surface area contributed by atoms with E-state index in [1.165, 1.54) is 21.9 Å². The minimum absolute atomic E-state index is 1.03. The van der Waals surface area contributed by atoms with E-state index in [9.17, 15) is 0 Å². The van der Waals surface area contributed by atoms with Crippen LogP contribution in [-0.4, -0.2) is 0 Å². The third-order valence-corrected chi connectivity index (χ3v) is 2.77. The second-order valence-electron chi connectivity index (χ2n) is 3.86. The Labute approximate surface area is 91.2 Å². The van der Waals surface area contributed by atoms with Crippen LogP contribution in [0.4, 0.5) is 0 Å². The molecule has 0 heteroatoms. The highest BCUT2D eigenvalue weighted by Crippen LogP contribution is 2.23. The third-order valence-electron chi connectivity index (χ3n) is 2.77. The van der Waals surface area contributed by atoms with Crippen LogP contribution in [0.5, 0.6) is 0 Å². The molecule has 0 spiro atoms. The topological polar surface area (TPSA) is 0 Å². The van der Waals surface area contributed by atoms with Crippen LogP contribution in [0.1, 0.15) is 18.1 Å². The summed E-state index contributed by atoms with van der Waals surface area (Å²) >= 11 is 0. The van der Waals surface area contributed by atoms with E-state index >= 15 is 0 Å². The van der Waals surface area contributed by atoms with Crippen molar-refractivity contribution in [1.82, 2.24) is 0 Å². The Balaban J connectivity index is 2.63. The maximum absolute atomic E-state index is 2.22. The highest BCUT2D eigenvalue weighted by Gasteiger charge is 2.01. The molecule has 15 heavy (non-hydrogen) atoms. The highest BCUT2D eigenvalue weighted by atomic mass is 14.1. The molecule has 0 atom stereocenters. The standard InChI is InChI=1S/C15H16/c1-3-4-8-13-10-6-11-14-9-5-7-12(2)15(13)14/h3-7,9-11H,8H2,1-2H3/b4-3+. The molecule has 0 aromatic heterocycles. The van der Waals surface area contributed by atoms with Crippen molar-refractivity contribution in [2.24, 2.45) is 0 Å². The van der Waals surface area contributed by atoms with E-state index in [1.54, 1.807) is 0 Å². The number of rotatable bonds is 2. The van der Waals surface area contributed by atoms with E-state index < -0.39 is 0 Å². The number of aryl methyl sites for hydroxylation is 1.